The van der Waals surface area contributed by atoms with Gasteiger partial charge in [-0.05, 0) is 62.9 Å². The molecule has 0 amide bonds. The normalized spacial score (nSPS) is 37.1. The molecule has 0 spiro atoms. The van der Waals surface area contributed by atoms with Gasteiger partial charge in [-0.2, -0.15) is 0 Å². The molecular formula is C17H34N2. The van der Waals surface area contributed by atoms with Gasteiger partial charge in [-0.25, -0.2) is 0 Å². The zero-order valence-electron chi connectivity index (χ0n) is 13.5. The molecule has 0 radical (unpaired) electrons. The van der Waals surface area contributed by atoms with Crippen molar-refractivity contribution in [2.24, 2.45) is 23.7 Å². The fraction of sp³-hybridized carbons (Fsp3) is 1.00. The Morgan fingerprint density at radius 2 is 2.00 bits per heavy atom. The van der Waals surface area contributed by atoms with E-state index in [2.05, 4.69) is 38.0 Å². The minimum Gasteiger partial charge on any atom is -0.317 e. The molecule has 2 rings (SSSR count). The molecule has 0 aromatic carbocycles. The van der Waals surface area contributed by atoms with Gasteiger partial charge in [0.15, 0.2) is 0 Å². The van der Waals surface area contributed by atoms with Crippen LogP contribution in [0.15, 0.2) is 0 Å². The first-order chi connectivity index (χ1) is 9.13. The molecule has 2 nitrogen and oxygen atoms in total. The van der Waals surface area contributed by atoms with E-state index in [1.54, 1.807) is 0 Å². The van der Waals surface area contributed by atoms with Gasteiger partial charge in [0.25, 0.3) is 0 Å². The van der Waals surface area contributed by atoms with Crippen LogP contribution in [0.1, 0.15) is 52.9 Å². The molecule has 1 aliphatic carbocycles. The largest absolute Gasteiger partial charge is 0.317 e. The van der Waals surface area contributed by atoms with Crippen LogP contribution in [-0.4, -0.2) is 37.6 Å². The molecular weight excluding hydrogens is 232 g/mol. The van der Waals surface area contributed by atoms with E-state index in [0.717, 1.165) is 29.7 Å². The summed E-state index contributed by atoms with van der Waals surface area (Å²) >= 11 is 0. The number of nitrogens with zero attached hydrogens (tertiary/aromatic N) is 1. The molecule has 0 bridgehead atoms. The van der Waals surface area contributed by atoms with E-state index >= 15 is 0 Å². The van der Waals surface area contributed by atoms with Crippen LogP contribution in [0.3, 0.4) is 0 Å². The molecule has 2 heteroatoms. The summed E-state index contributed by atoms with van der Waals surface area (Å²) in [7, 11) is 2.16. The third kappa shape index (κ3) is 3.95. The van der Waals surface area contributed by atoms with Crippen molar-refractivity contribution < 1.29 is 0 Å². The van der Waals surface area contributed by atoms with Crippen LogP contribution in [0, 0.1) is 23.7 Å². The van der Waals surface area contributed by atoms with E-state index in [1.165, 1.54) is 51.7 Å². The van der Waals surface area contributed by atoms with Crippen LogP contribution in [0.5, 0.6) is 0 Å². The molecule has 2 fully saturated rings. The van der Waals surface area contributed by atoms with Crippen molar-refractivity contribution in [3.05, 3.63) is 0 Å². The fourth-order valence-electron chi connectivity index (χ4n) is 4.22. The molecule has 2 aliphatic rings. The average molecular weight is 266 g/mol. The van der Waals surface area contributed by atoms with E-state index in [-0.39, 0.29) is 0 Å². The summed E-state index contributed by atoms with van der Waals surface area (Å²) in [6.07, 6.45) is 7.08. The Morgan fingerprint density at radius 3 is 2.58 bits per heavy atom. The SMILES string of the molecule is CCC1CCC(NC)C(CN2CCC(C(C)C)C2)C1. The predicted octanol–water partition coefficient (Wildman–Crippen LogP) is 3.38. The van der Waals surface area contributed by atoms with E-state index in [9.17, 15) is 0 Å². The van der Waals surface area contributed by atoms with E-state index in [1.807, 2.05) is 0 Å². The average Bonchev–Trinajstić information content (AvgIpc) is 2.87. The first-order valence-corrected chi connectivity index (χ1v) is 8.53. The summed E-state index contributed by atoms with van der Waals surface area (Å²) in [4.78, 5) is 2.75. The quantitative estimate of drug-likeness (QED) is 0.820. The summed E-state index contributed by atoms with van der Waals surface area (Å²) < 4.78 is 0. The van der Waals surface area contributed by atoms with Gasteiger partial charge in [0.2, 0.25) is 0 Å². The molecule has 0 aromatic rings. The Balaban J connectivity index is 1.85. The molecule has 0 aromatic heterocycles. The Bertz CT molecular complexity index is 264. The third-order valence-electron chi connectivity index (χ3n) is 5.78. The maximum absolute atomic E-state index is 3.58. The lowest BCUT2D eigenvalue weighted by Crippen LogP contribution is -2.44. The van der Waals surface area contributed by atoms with Crippen molar-refractivity contribution in [1.29, 1.82) is 0 Å². The summed E-state index contributed by atoms with van der Waals surface area (Å²) in [5.41, 5.74) is 0. The number of hydrogen-bond donors (Lipinski definition) is 1. The van der Waals surface area contributed by atoms with Crippen LogP contribution in [-0.2, 0) is 0 Å². The Morgan fingerprint density at radius 1 is 1.21 bits per heavy atom. The lowest BCUT2D eigenvalue weighted by atomic mass is 9.76. The van der Waals surface area contributed by atoms with Gasteiger partial charge >= 0.3 is 0 Å². The van der Waals surface area contributed by atoms with Gasteiger partial charge in [0, 0.05) is 19.1 Å². The Kier molecular flexibility index (Phi) is 5.70. The zero-order chi connectivity index (χ0) is 13.8. The predicted molar refractivity (Wildman–Crippen MR) is 83.4 cm³/mol. The van der Waals surface area contributed by atoms with Crippen LogP contribution in [0.4, 0.5) is 0 Å². The highest BCUT2D eigenvalue weighted by atomic mass is 15.2. The smallest absolute Gasteiger partial charge is 0.0105 e. The van der Waals surface area contributed by atoms with Gasteiger partial charge in [-0.1, -0.05) is 27.2 Å². The summed E-state index contributed by atoms with van der Waals surface area (Å²) in [5, 5.41) is 3.58. The summed E-state index contributed by atoms with van der Waals surface area (Å²) in [5.74, 6) is 3.67. The van der Waals surface area contributed by atoms with Crippen molar-refractivity contribution in [1.82, 2.24) is 10.2 Å². The van der Waals surface area contributed by atoms with Crippen LogP contribution < -0.4 is 5.32 Å². The van der Waals surface area contributed by atoms with Gasteiger partial charge in [-0.15, -0.1) is 0 Å². The van der Waals surface area contributed by atoms with Gasteiger partial charge in [0.1, 0.15) is 0 Å². The van der Waals surface area contributed by atoms with E-state index < -0.39 is 0 Å². The van der Waals surface area contributed by atoms with Crippen LogP contribution in [0.25, 0.3) is 0 Å². The molecule has 1 heterocycles. The third-order valence-corrected chi connectivity index (χ3v) is 5.78. The lowest BCUT2D eigenvalue weighted by Gasteiger charge is -2.38. The van der Waals surface area contributed by atoms with Crippen molar-refractivity contribution >= 4 is 0 Å². The standard InChI is InChI=1S/C17H34N2/c1-5-14-6-7-17(18-4)16(10-14)12-19-9-8-15(11-19)13(2)3/h13-18H,5-12H2,1-4H3. The van der Waals surface area contributed by atoms with Crippen molar-refractivity contribution in [3.63, 3.8) is 0 Å². The molecule has 1 N–H and O–H groups in total. The highest BCUT2D eigenvalue weighted by molar-refractivity contribution is 4.88. The second-order valence-electron chi connectivity index (χ2n) is 7.29. The molecule has 112 valence electrons. The minimum absolute atomic E-state index is 0.765. The van der Waals surface area contributed by atoms with Gasteiger partial charge in [0.05, 0.1) is 0 Å². The number of likely N-dealkylation sites (tertiary alicyclic amines) is 1. The van der Waals surface area contributed by atoms with Crippen molar-refractivity contribution in [2.45, 2.75) is 58.9 Å². The van der Waals surface area contributed by atoms with Crippen molar-refractivity contribution in [2.75, 3.05) is 26.7 Å². The molecule has 4 unspecified atom stereocenters. The topological polar surface area (TPSA) is 15.3 Å². The number of hydrogen-bond acceptors (Lipinski definition) is 2. The first-order valence-electron chi connectivity index (χ1n) is 8.53. The van der Waals surface area contributed by atoms with E-state index in [0.29, 0.717) is 0 Å². The maximum atomic E-state index is 3.58. The maximum Gasteiger partial charge on any atom is 0.0105 e. The number of rotatable bonds is 5. The second-order valence-corrected chi connectivity index (χ2v) is 7.29. The summed E-state index contributed by atoms with van der Waals surface area (Å²) in [6.45, 7) is 11.2. The Hall–Kier alpha value is -0.0800. The molecule has 1 saturated carbocycles. The monoisotopic (exact) mass is 266 g/mol. The molecule has 1 saturated heterocycles. The fourth-order valence-corrected chi connectivity index (χ4v) is 4.22. The highest BCUT2D eigenvalue weighted by Crippen LogP contribution is 2.33. The Labute approximate surface area is 120 Å². The number of nitrogens with one attached hydrogen (secondary N) is 1. The van der Waals surface area contributed by atoms with Crippen molar-refractivity contribution in [3.8, 4) is 0 Å². The van der Waals surface area contributed by atoms with Crippen LogP contribution >= 0.6 is 0 Å². The zero-order valence-corrected chi connectivity index (χ0v) is 13.5. The van der Waals surface area contributed by atoms with Gasteiger partial charge < -0.3 is 10.2 Å². The minimum atomic E-state index is 0.765. The highest BCUT2D eigenvalue weighted by Gasteiger charge is 2.32. The summed E-state index contributed by atoms with van der Waals surface area (Å²) in [6, 6.07) is 0.765. The molecule has 19 heavy (non-hydrogen) atoms. The lowest BCUT2D eigenvalue weighted by molar-refractivity contribution is 0.152. The first kappa shape index (κ1) is 15.3. The van der Waals surface area contributed by atoms with Crippen LogP contribution in [0.2, 0.25) is 0 Å². The van der Waals surface area contributed by atoms with Gasteiger partial charge in [-0.3, -0.25) is 0 Å². The molecule has 4 atom stereocenters. The molecule has 1 aliphatic heterocycles. The van der Waals surface area contributed by atoms with E-state index in [4.69, 9.17) is 0 Å². The second kappa shape index (κ2) is 7.08.